The van der Waals surface area contributed by atoms with Crippen LogP contribution in [0.1, 0.15) is 24.5 Å². The Morgan fingerprint density at radius 3 is 2.45 bits per heavy atom. The number of benzene rings is 1. The van der Waals surface area contributed by atoms with Gasteiger partial charge in [-0.15, -0.1) is 0 Å². The largest absolute Gasteiger partial charge is 0.491 e. The molecule has 1 atom stereocenters. The fraction of sp³-hybridized carbons (Fsp3) is 0.625. The number of aryl methyl sites for hydroxylation is 2. The van der Waals surface area contributed by atoms with Crippen molar-refractivity contribution >= 4 is 0 Å². The van der Waals surface area contributed by atoms with Crippen LogP contribution in [0.5, 0.6) is 5.75 Å². The van der Waals surface area contributed by atoms with Crippen molar-refractivity contribution in [3.8, 4) is 5.75 Å². The Hall–Kier alpha value is -1.10. The Balaban J connectivity index is 2.11. The average Bonchev–Trinajstić information content (AvgIpc) is 2.44. The summed E-state index contributed by atoms with van der Waals surface area (Å²) in [6, 6.07) is 6.30. The molecule has 4 nitrogen and oxygen atoms in total. The van der Waals surface area contributed by atoms with Crippen LogP contribution >= 0.6 is 0 Å². The molecule has 4 heteroatoms. The van der Waals surface area contributed by atoms with Crippen LogP contribution in [0.3, 0.4) is 0 Å². The van der Waals surface area contributed by atoms with E-state index in [1.54, 1.807) is 0 Å². The van der Waals surface area contributed by atoms with Crippen molar-refractivity contribution in [3.05, 3.63) is 29.3 Å². The first-order chi connectivity index (χ1) is 9.69. The van der Waals surface area contributed by atoms with Gasteiger partial charge in [-0.1, -0.05) is 25.1 Å². The van der Waals surface area contributed by atoms with Crippen LogP contribution in [0, 0.1) is 13.8 Å². The van der Waals surface area contributed by atoms with Gasteiger partial charge in [0.05, 0.1) is 19.8 Å². The van der Waals surface area contributed by atoms with Gasteiger partial charge in [0.1, 0.15) is 12.4 Å². The zero-order chi connectivity index (χ0) is 14.8. The molecule has 0 amide bonds. The summed E-state index contributed by atoms with van der Waals surface area (Å²) in [5, 5.41) is 12.3. The van der Waals surface area contributed by atoms with Gasteiger partial charge >= 0.3 is 0 Å². The van der Waals surface area contributed by atoms with Gasteiger partial charge in [-0.3, -0.25) is 0 Å². The lowest BCUT2D eigenvalue weighted by atomic mass is 10.1. The molecule has 114 valence electrons. The minimum Gasteiger partial charge on any atom is -0.491 e. The van der Waals surface area contributed by atoms with Crippen LogP contribution in [0.2, 0.25) is 0 Å². The topological polar surface area (TPSA) is 50.7 Å². The predicted octanol–water partition coefficient (Wildman–Crippen LogP) is 2.06. The Bertz CT molecular complexity index is 358. The first-order valence-electron chi connectivity index (χ1n) is 7.30. The third kappa shape index (κ3) is 5.90. The molecular formula is C16H27NO3. The van der Waals surface area contributed by atoms with E-state index in [1.165, 1.54) is 0 Å². The smallest absolute Gasteiger partial charge is 0.125 e. The van der Waals surface area contributed by atoms with E-state index in [1.807, 2.05) is 39.0 Å². The summed E-state index contributed by atoms with van der Waals surface area (Å²) in [5.74, 6) is 0.959. The SMILES string of the molecule is CCC(CO)NCCOCCOc1c(C)cccc1C. The number of hydrogen-bond acceptors (Lipinski definition) is 4. The average molecular weight is 281 g/mol. The quantitative estimate of drug-likeness (QED) is 0.645. The summed E-state index contributed by atoms with van der Waals surface area (Å²) < 4.78 is 11.3. The molecule has 0 bridgehead atoms. The third-order valence-electron chi connectivity index (χ3n) is 3.28. The van der Waals surface area contributed by atoms with Crippen molar-refractivity contribution in [1.29, 1.82) is 0 Å². The summed E-state index contributed by atoms with van der Waals surface area (Å²) in [5.41, 5.74) is 2.31. The normalized spacial score (nSPS) is 12.4. The van der Waals surface area contributed by atoms with Gasteiger partial charge in [-0.05, 0) is 31.4 Å². The number of rotatable bonds is 10. The Morgan fingerprint density at radius 2 is 1.85 bits per heavy atom. The van der Waals surface area contributed by atoms with Crippen LogP contribution in [-0.2, 0) is 4.74 Å². The summed E-state index contributed by atoms with van der Waals surface area (Å²) in [6.45, 7) is 8.84. The highest BCUT2D eigenvalue weighted by atomic mass is 16.5. The van der Waals surface area contributed by atoms with Crippen LogP contribution in [-0.4, -0.2) is 44.1 Å². The third-order valence-corrected chi connectivity index (χ3v) is 3.28. The maximum Gasteiger partial charge on any atom is 0.125 e. The Morgan fingerprint density at radius 1 is 1.15 bits per heavy atom. The molecule has 1 rings (SSSR count). The summed E-state index contributed by atoms with van der Waals surface area (Å²) in [4.78, 5) is 0. The van der Waals surface area contributed by atoms with Gasteiger partial charge in [-0.25, -0.2) is 0 Å². The summed E-state index contributed by atoms with van der Waals surface area (Å²) >= 11 is 0. The zero-order valence-electron chi connectivity index (χ0n) is 12.8. The van der Waals surface area contributed by atoms with Gasteiger partial charge in [0.25, 0.3) is 0 Å². The van der Waals surface area contributed by atoms with Gasteiger partial charge < -0.3 is 19.9 Å². The van der Waals surface area contributed by atoms with Crippen molar-refractivity contribution in [3.63, 3.8) is 0 Å². The highest BCUT2D eigenvalue weighted by Crippen LogP contribution is 2.21. The number of aliphatic hydroxyl groups is 1. The molecule has 0 heterocycles. The molecule has 0 fully saturated rings. The molecule has 0 spiro atoms. The number of aliphatic hydroxyl groups excluding tert-OH is 1. The van der Waals surface area contributed by atoms with Gasteiger partial charge in [0.15, 0.2) is 0 Å². The summed E-state index contributed by atoms with van der Waals surface area (Å²) in [7, 11) is 0. The van der Waals surface area contributed by atoms with Gasteiger partial charge in [0.2, 0.25) is 0 Å². The van der Waals surface area contributed by atoms with Crippen molar-refractivity contribution < 1.29 is 14.6 Å². The molecule has 1 unspecified atom stereocenters. The number of para-hydroxylation sites is 1. The van der Waals surface area contributed by atoms with Crippen LogP contribution in [0.4, 0.5) is 0 Å². The van der Waals surface area contributed by atoms with Crippen LogP contribution in [0.15, 0.2) is 18.2 Å². The molecule has 0 saturated carbocycles. The highest BCUT2D eigenvalue weighted by Gasteiger charge is 2.03. The number of ether oxygens (including phenoxy) is 2. The molecule has 0 aliphatic carbocycles. The minimum absolute atomic E-state index is 0.171. The van der Waals surface area contributed by atoms with Crippen LogP contribution in [0.25, 0.3) is 0 Å². The fourth-order valence-electron chi connectivity index (χ4n) is 2.00. The predicted molar refractivity (Wildman–Crippen MR) is 81.4 cm³/mol. The highest BCUT2D eigenvalue weighted by molar-refractivity contribution is 5.39. The second kappa shape index (κ2) is 9.75. The first-order valence-corrected chi connectivity index (χ1v) is 7.30. The van der Waals surface area contributed by atoms with Crippen LogP contribution < -0.4 is 10.1 Å². The number of nitrogens with one attached hydrogen (secondary N) is 1. The molecule has 0 aliphatic rings. The Labute approximate surface area is 122 Å². The molecule has 0 saturated heterocycles. The molecule has 1 aromatic carbocycles. The second-order valence-electron chi connectivity index (χ2n) is 4.92. The van der Waals surface area contributed by atoms with Crippen molar-refractivity contribution in [2.45, 2.75) is 33.2 Å². The molecule has 2 N–H and O–H groups in total. The molecule has 0 radical (unpaired) electrons. The minimum atomic E-state index is 0.171. The van der Waals surface area contributed by atoms with Crippen molar-refractivity contribution in [2.75, 3.05) is 33.0 Å². The van der Waals surface area contributed by atoms with Gasteiger partial charge in [-0.2, -0.15) is 0 Å². The van der Waals surface area contributed by atoms with E-state index < -0.39 is 0 Å². The van der Waals surface area contributed by atoms with E-state index in [2.05, 4.69) is 5.32 Å². The maximum atomic E-state index is 9.02. The van der Waals surface area contributed by atoms with Crippen molar-refractivity contribution in [1.82, 2.24) is 5.32 Å². The molecule has 1 aromatic rings. The Kier molecular flexibility index (Phi) is 8.26. The second-order valence-corrected chi connectivity index (χ2v) is 4.92. The van der Waals surface area contributed by atoms with E-state index >= 15 is 0 Å². The van der Waals surface area contributed by atoms with E-state index in [4.69, 9.17) is 14.6 Å². The van der Waals surface area contributed by atoms with E-state index in [9.17, 15) is 0 Å². The lowest BCUT2D eigenvalue weighted by molar-refractivity contribution is 0.0977. The molecule has 0 aromatic heterocycles. The standard InChI is InChI=1S/C16H27NO3/c1-4-15(12-18)17-8-9-19-10-11-20-16-13(2)6-5-7-14(16)3/h5-7,15,17-18H,4,8-12H2,1-3H3. The molecule has 20 heavy (non-hydrogen) atoms. The molecular weight excluding hydrogens is 254 g/mol. The van der Waals surface area contributed by atoms with E-state index in [0.29, 0.717) is 19.8 Å². The van der Waals surface area contributed by atoms with Gasteiger partial charge in [0, 0.05) is 12.6 Å². The lowest BCUT2D eigenvalue weighted by Gasteiger charge is -2.14. The number of hydrogen-bond donors (Lipinski definition) is 2. The lowest BCUT2D eigenvalue weighted by Crippen LogP contribution is -2.34. The van der Waals surface area contributed by atoms with E-state index in [0.717, 1.165) is 29.8 Å². The maximum absolute atomic E-state index is 9.02. The fourth-order valence-corrected chi connectivity index (χ4v) is 2.00. The van der Waals surface area contributed by atoms with Crippen molar-refractivity contribution in [2.24, 2.45) is 0 Å². The summed E-state index contributed by atoms with van der Waals surface area (Å²) in [6.07, 6.45) is 0.923. The monoisotopic (exact) mass is 281 g/mol. The zero-order valence-corrected chi connectivity index (χ0v) is 12.8. The van der Waals surface area contributed by atoms with E-state index in [-0.39, 0.29) is 12.6 Å². The first kappa shape index (κ1) is 17.0. The molecule has 0 aliphatic heterocycles.